The van der Waals surface area contributed by atoms with Crippen molar-refractivity contribution in [1.29, 1.82) is 0 Å². The van der Waals surface area contributed by atoms with Crippen molar-refractivity contribution in [3.63, 3.8) is 0 Å². The van der Waals surface area contributed by atoms with Gasteiger partial charge in [-0.2, -0.15) is 0 Å². The topological polar surface area (TPSA) is 66.5 Å². The van der Waals surface area contributed by atoms with Crippen LogP contribution in [0.1, 0.15) is 36.9 Å². The van der Waals surface area contributed by atoms with Crippen LogP contribution in [-0.4, -0.2) is 50.9 Å². The summed E-state index contributed by atoms with van der Waals surface area (Å²) in [5, 5.41) is 3.34. The van der Waals surface area contributed by atoms with Crippen molar-refractivity contribution < 1.29 is 13.2 Å². The number of amides is 1. The van der Waals surface area contributed by atoms with Gasteiger partial charge in [0.2, 0.25) is 5.91 Å². The number of piperazine rings is 1. The highest BCUT2D eigenvalue weighted by Crippen LogP contribution is 2.24. The number of carbonyl (C=O) groups excluding carboxylic acids is 1. The third kappa shape index (κ3) is 5.32. The molecule has 1 amide bonds. The zero-order valence-corrected chi connectivity index (χ0v) is 14.7. The van der Waals surface area contributed by atoms with E-state index in [2.05, 4.69) is 36.5 Å². The van der Waals surface area contributed by atoms with Crippen molar-refractivity contribution >= 4 is 15.7 Å². The van der Waals surface area contributed by atoms with E-state index in [1.807, 2.05) is 4.90 Å². The number of sulfone groups is 1. The first-order valence-corrected chi connectivity index (χ1v) is 10.2. The Morgan fingerprint density at radius 3 is 2.61 bits per heavy atom. The minimum atomic E-state index is -3.01. The summed E-state index contributed by atoms with van der Waals surface area (Å²) < 4.78 is 22.4. The van der Waals surface area contributed by atoms with Crippen molar-refractivity contribution in [3.8, 4) is 0 Å². The zero-order chi connectivity index (χ0) is 16.9. The number of nitrogens with zero attached hydrogens (tertiary/aromatic N) is 1. The molecule has 1 heterocycles. The molecule has 0 bridgehead atoms. The van der Waals surface area contributed by atoms with Crippen LogP contribution in [0.5, 0.6) is 0 Å². The monoisotopic (exact) mass is 338 g/mol. The first-order chi connectivity index (χ1) is 10.9. The van der Waals surface area contributed by atoms with E-state index in [-0.39, 0.29) is 24.1 Å². The Morgan fingerprint density at radius 1 is 1.30 bits per heavy atom. The molecule has 1 aliphatic rings. The molecule has 1 aromatic carbocycles. The van der Waals surface area contributed by atoms with Crippen molar-refractivity contribution in [2.75, 3.05) is 31.6 Å². The second-order valence-electron chi connectivity index (χ2n) is 6.14. The summed E-state index contributed by atoms with van der Waals surface area (Å²) in [5.41, 5.74) is 2.41. The molecule has 0 aromatic heterocycles. The van der Waals surface area contributed by atoms with E-state index in [1.165, 1.54) is 11.8 Å². The van der Waals surface area contributed by atoms with Crippen LogP contribution < -0.4 is 5.32 Å². The molecule has 1 unspecified atom stereocenters. The van der Waals surface area contributed by atoms with Crippen LogP contribution in [0.4, 0.5) is 0 Å². The van der Waals surface area contributed by atoms with Gasteiger partial charge in [-0.1, -0.05) is 31.2 Å². The highest BCUT2D eigenvalue weighted by atomic mass is 32.2. The Hall–Kier alpha value is -1.40. The number of hydrogen-bond acceptors (Lipinski definition) is 4. The fourth-order valence-corrected chi connectivity index (χ4v) is 3.57. The molecule has 1 fully saturated rings. The lowest BCUT2D eigenvalue weighted by molar-refractivity contribution is -0.134. The van der Waals surface area contributed by atoms with Gasteiger partial charge in [-0.15, -0.1) is 0 Å². The predicted molar refractivity (Wildman–Crippen MR) is 92.1 cm³/mol. The number of nitrogens with one attached hydrogen (secondary N) is 1. The summed E-state index contributed by atoms with van der Waals surface area (Å²) in [6, 6.07) is 8.42. The molecule has 1 atom stereocenters. The molecular weight excluding hydrogens is 312 g/mol. The average Bonchev–Trinajstić information content (AvgIpc) is 2.53. The maximum absolute atomic E-state index is 12.5. The average molecular weight is 338 g/mol. The summed E-state index contributed by atoms with van der Waals surface area (Å²) in [7, 11) is -3.01. The maximum atomic E-state index is 12.5. The van der Waals surface area contributed by atoms with Crippen molar-refractivity contribution in [2.45, 2.75) is 32.2 Å². The molecule has 1 aliphatic heterocycles. The third-order valence-corrected chi connectivity index (χ3v) is 5.27. The Labute approximate surface area is 139 Å². The second kappa shape index (κ2) is 7.93. The normalized spacial score (nSPS) is 18.9. The van der Waals surface area contributed by atoms with Gasteiger partial charge >= 0.3 is 0 Å². The number of aryl methyl sites for hydroxylation is 1. The molecule has 1 aromatic rings. The molecule has 23 heavy (non-hydrogen) atoms. The van der Waals surface area contributed by atoms with Gasteiger partial charge in [0.15, 0.2) is 0 Å². The Bertz CT molecular complexity index is 626. The summed E-state index contributed by atoms with van der Waals surface area (Å²) in [6.07, 6.45) is 2.89. The van der Waals surface area contributed by atoms with E-state index < -0.39 is 9.84 Å². The first kappa shape index (κ1) is 17.9. The van der Waals surface area contributed by atoms with Gasteiger partial charge in [0.25, 0.3) is 0 Å². The van der Waals surface area contributed by atoms with Crippen LogP contribution in [0.2, 0.25) is 0 Å². The van der Waals surface area contributed by atoms with Gasteiger partial charge in [-0.05, 0) is 24.0 Å². The zero-order valence-electron chi connectivity index (χ0n) is 13.9. The molecule has 0 aliphatic carbocycles. The van der Waals surface area contributed by atoms with E-state index in [4.69, 9.17) is 0 Å². The maximum Gasteiger partial charge on any atom is 0.223 e. The lowest BCUT2D eigenvalue weighted by atomic mass is 10.0. The lowest BCUT2D eigenvalue weighted by Crippen LogP contribution is -2.48. The van der Waals surface area contributed by atoms with Gasteiger partial charge in [-0.3, -0.25) is 4.79 Å². The van der Waals surface area contributed by atoms with Crippen LogP contribution in [0.25, 0.3) is 0 Å². The van der Waals surface area contributed by atoms with Gasteiger partial charge in [0.1, 0.15) is 9.84 Å². The highest BCUT2D eigenvalue weighted by Gasteiger charge is 2.27. The number of benzene rings is 1. The summed E-state index contributed by atoms with van der Waals surface area (Å²) in [5.74, 6) is 0.112. The number of rotatable bonds is 6. The van der Waals surface area contributed by atoms with Crippen molar-refractivity contribution in [2.24, 2.45) is 0 Å². The van der Waals surface area contributed by atoms with E-state index in [1.54, 1.807) is 0 Å². The van der Waals surface area contributed by atoms with Gasteiger partial charge < -0.3 is 10.2 Å². The summed E-state index contributed by atoms with van der Waals surface area (Å²) in [4.78, 5) is 14.4. The standard InChI is InChI=1S/C17H26N2O3S/c1-3-14-6-8-15(9-7-14)16-13-18-10-11-19(16)17(20)5-4-12-23(2,21)22/h6-9,16,18H,3-5,10-13H2,1-2H3. The quantitative estimate of drug-likeness (QED) is 0.854. The molecule has 0 saturated carbocycles. The third-order valence-electron chi connectivity index (χ3n) is 4.24. The number of hydrogen-bond donors (Lipinski definition) is 1. The van der Waals surface area contributed by atoms with E-state index in [0.717, 1.165) is 25.1 Å². The summed E-state index contributed by atoms with van der Waals surface area (Å²) in [6.45, 7) is 4.30. The molecule has 1 N–H and O–H groups in total. The molecule has 6 heteroatoms. The second-order valence-corrected chi connectivity index (χ2v) is 8.40. The SMILES string of the molecule is CCc1ccc(C2CNCCN2C(=O)CCCS(C)(=O)=O)cc1. The predicted octanol–water partition coefficient (Wildman–Crippen LogP) is 1.55. The van der Waals surface area contributed by atoms with Crippen LogP contribution >= 0.6 is 0 Å². The molecule has 0 radical (unpaired) electrons. The lowest BCUT2D eigenvalue weighted by Gasteiger charge is -2.36. The Kier molecular flexibility index (Phi) is 6.18. The molecule has 1 saturated heterocycles. The minimum Gasteiger partial charge on any atom is -0.333 e. The first-order valence-electron chi connectivity index (χ1n) is 8.17. The van der Waals surface area contributed by atoms with Gasteiger partial charge in [0, 0.05) is 32.3 Å². The molecule has 5 nitrogen and oxygen atoms in total. The van der Waals surface area contributed by atoms with Gasteiger partial charge in [0.05, 0.1) is 11.8 Å². The largest absolute Gasteiger partial charge is 0.333 e. The number of carbonyl (C=O) groups is 1. The van der Waals surface area contributed by atoms with E-state index >= 15 is 0 Å². The van der Waals surface area contributed by atoms with Crippen LogP contribution in [-0.2, 0) is 21.1 Å². The van der Waals surface area contributed by atoms with Crippen molar-refractivity contribution in [3.05, 3.63) is 35.4 Å². The molecular formula is C17H26N2O3S. The van der Waals surface area contributed by atoms with Crippen molar-refractivity contribution in [1.82, 2.24) is 10.2 Å². The summed E-state index contributed by atoms with van der Waals surface area (Å²) >= 11 is 0. The fourth-order valence-electron chi connectivity index (χ4n) is 2.91. The molecule has 2 rings (SSSR count). The molecule has 0 spiro atoms. The van der Waals surface area contributed by atoms with Crippen LogP contribution in [0.15, 0.2) is 24.3 Å². The van der Waals surface area contributed by atoms with E-state index in [9.17, 15) is 13.2 Å². The smallest absolute Gasteiger partial charge is 0.223 e. The van der Waals surface area contributed by atoms with E-state index in [0.29, 0.717) is 13.0 Å². The Balaban J connectivity index is 2.03. The fraction of sp³-hybridized carbons (Fsp3) is 0.588. The minimum absolute atomic E-state index is 0.0281. The van der Waals surface area contributed by atoms with Crippen LogP contribution in [0.3, 0.4) is 0 Å². The van der Waals surface area contributed by atoms with Gasteiger partial charge in [-0.25, -0.2) is 8.42 Å². The Morgan fingerprint density at radius 2 is 2.00 bits per heavy atom. The highest BCUT2D eigenvalue weighted by molar-refractivity contribution is 7.90. The molecule has 128 valence electrons. The van der Waals surface area contributed by atoms with Crippen LogP contribution in [0, 0.1) is 0 Å².